The molecule has 0 saturated heterocycles. The second-order valence-electron chi connectivity index (χ2n) is 4.49. The van der Waals surface area contributed by atoms with Crippen LogP contribution < -0.4 is 0 Å². The molecule has 0 bridgehead atoms. The summed E-state index contributed by atoms with van der Waals surface area (Å²) in [4.78, 5) is 4.09. The zero-order chi connectivity index (χ0) is 14.6. The summed E-state index contributed by atoms with van der Waals surface area (Å²) in [5, 5.41) is 3.07. The number of thiazole rings is 1. The van der Waals surface area contributed by atoms with Gasteiger partial charge in [0, 0.05) is 17.8 Å². The Kier molecular flexibility index (Phi) is 4.69. The van der Waals surface area contributed by atoms with E-state index in [0.717, 1.165) is 16.8 Å². The summed E-state index contributed by atoms with van der Waals surface area (Å²) in [7, 11) is -1.88. The summed E-state index contributed by atoms with van der Waals surface area (Å²) < 4.78 is 25.5. The fourth-order valence-electron chi connectivity index (χ4n) is 1.58. The van der Waals surface area contributed by atoms with E-state index in [1.807, 2.05) is 36.6 Å². The van der Waals surface area contributed by atoms with Crippen LogP contribution in [-0.4, -0.2) is 24.8 Å². The fourth-order valence-corrected chi connectivity index (χ4v) is 2.98. The van der Waals surface area contributed by atoms with Gasteiger partial charge < -0.3 is 0 Å². The summed E-state index contributed by atoms with van der Waals surface area (Å²) in [6, 6.07) is 7.68. The molecule has 2 rings (SSSR count). The molecule has 20 heavy (non-hydrogen) atoms. The lowest BCUT2D eigenvalue weighted by atomic mass is 10.2. The molecule has 6 heteroatoms. The van der Waals surface area contributed by atoms with E-state index in [2.05, 4.69) is 4.98 Å². The van der Waals surface area contributed by atoms with Crippen molar-refractivity contribution in [2.24, 2.45) is 0 Å². The average molecular weight is 308 g/mol. The topological polar surface area (TPSA) is 50.3 Å². The number of hydrogen-bond donors (Lipinski definition) is 0. The number of nitrogens with zero attached hydrogens (tertiary/aromatic N) is 2. The van der Waals surface area contributed by atoms with E-state index in [1.54, 1.807) is 18.6 Å². The minimum absolute atomic E-state index is 0.282. The highest BCUT2D eigenvalue weighted by molar-refractivity contribution is 7.92. The monoisotopic (exact) mass is 308 g/mol. The van der Waals surface area contributed by atoms with Gasteiger partial charge in [0.05, 0.1) is 17.7 Å². The lowest BCUT2D eigenvalue weighted by Crippen LogP contribution is -2.24. The minimum atomic E-state index is -3.43. The molecule has 0 fully saturated rings. The van der Waals surface area contributed by atoms with Crippen LogP contribution in [0.1, 0.15) is 16.8 Å². The molecule has 0 radical (unpaired) electrons. The van der Waals surface area contributed by atoms with Gasteiger partial charge in [-0.2, -0.15) is 4.31 Å². The maximum atomic E-state index is 12.1. The molecule has 1 aromatic heterocycles. The molecule has 0 aliphatic heterocycles. The molecule has 2 aromatic rings. The lowest BCUT2D eigenvalue weighted by Gasteiger charge is -2.12. The van der Waals surface area contributed by atoms with Gasteiger partial charge in [0.1, 0.15) is 0 Å². The van der Waals surface area contributed by atoms with Crippen molar-refractivity contribution in [2.75, 3.05) is 7.05 Å². The van der Waals surface area contributed by atoms with E-state index in [9.17, 15) is 8.42 Å². The molecular weight excluding hydrogens is 292 g/mol. The van der Waals surface area contributed by atoms with Gasteiger partial charge in [-0.1, -0.05) is 29.8 Å². The summed E-state index contributed by atoms with van der Waals surface area (Å²) in [5.41, 5.74) is 4.45. The van der Waals surface area contributed by atoms with Gasteiger partial charge in [-0.15, -0.1) is 11.3 Å². The maximum Gasteiger partial charge on any atom is 0.236 e. The number of hydrogen-bond acceptors (Lipinski definition) is 4. The Hall–Kier alpha value is -1.50. The van der Waals surface area contributed by atoms with Gasteiger partial charge in [-0.05, 0) is 18.6 Å². The second-order valence-corrected chi connectivity index (χ2v) is 7.14. The number of benzene rings is 1. The minimum Gasteiger partial charge on any atom is -0.248 e. The van der Waals surface area contributed by atoms with Crippen LogP contribution in [0.2, 0.25) is 0 Å². The molecule has 0 aliphatic carbocycles. The van der Waals surface area contributed by atoms with Gasteiger partial charge >= 0.3 is 0 Å². The fraction of sp³-hybridized carbons (Fsp3) is 0.214. The molecule has 1 heterocycles. The second kappa shape index (κ2) is 6.30. The van der Waals surface area contributed by atoms with Crippen molar-refractivity contribution in [3.05, 3.63) is 57.4 Å². The molecule has 106 valence electrons. The van der Waals surface area contributed by atoms with Gasteiger partial charge in [0.15, 0.2) is 0 Å². The Morgan fingerprint density at radius 3 is 2.60 bits per heavy atom. The van der Waals surface area contributed by atoms with Crippen LogP contribution in [0.5, 0.6) is 0 Å². The zero-order valence-corrected chi connectivity index (χ0v) is 13.0. The number of aromatic nitrogens is 1. The molecule has 0 atom stereocenters. The summed E-state index contributed by atoms with van der Waals surface area (Å²) in [5.74, 6) is 0. The SMILES string of the molecule is Cc1ccc(C=CS(=O)(=O)N(C)Cc2cscn2)cc1. The molecule has 1 aromatic carbocycles. The smallest absolute Gasteiger partial charge is 0.236 e. The van der Waals surface area contributed by atoms with Crippen molar-refractivity contribution in [1.82, 2.24) is 9.29 Å². The Morgan fingerprint density at radius 2 is 2.00 bits per heavy atom. The third-order valence-electron chi connectivity index (χ3n) is 2.81. The first-order chi connectivity index (χ1) is 9.47. The Bertz CT molecular complexity index is 674. The zero-order valence-electron chi connectivity index (χ0n) is 11.4. The lowest BCUT2D eigenvalue weighted by molar-refractivity contribution is 0.471. The largest absolute Gasteiger partial charge is 0.248 e. The highest BCUT2D eigenvalue weighted by Crippen LogP contribution is 2.11. The van der Waals surface area contributed by atoms with Crippen molar-refractivity contribution in [2.45, 2.75) is 13.5 Å². The summed E-state index contributed by atoms with van der Waals surface area (Å²) in [6.07, 6.45) is 1.60. The van der Waals surface area contributed by atoms with Gasteiger partial charge in [-0.25, -0.2) is 13.4 Å². The van der Waals surface area contributed by atoms with E-state index in [0.29, 0.717) is 0 Å². The predicted octanol–water partition coefficient (Wildman–Crippen LogP) is 2.88. The molecule has 4 nitrogen and oxygen atoms in total. The van der Waals surface area contributed by atoms with Crippen molar-refractivity contribution < 1.29 is 8.42 Å². The number of rotatable bonds is 5. The van der Waals surface area contributed by atoms with Crippen LogP contribution in [-0.2, 0) is 16.6 Å². The van der Waals surface area contributed by atoms with Crippen LogP contribution in [0.4, 0.5) is 0 Å². The van der Waals surface area contributed by atoms with E-state index in [-0.39, 0.29) is 6.54 Å². The normalized spacial score (nSPS) is 12.3. The summed E-state index contributed by atoms with van der Waals surface area (Å²) >= 11 is 1.45. The average Bonchev–Trinajstić information content (AvgIpc) is 2.91. The third-order valence-corrected chi connectivity index (χ3v) is 4.93. The Balaban J connectivity index is 2.08. The van der Waals surface area contributed by atoms with Gasteiger partial charge in [0.2, 0.25) is 10.0 Å². The molecule has 0 spiro atoms. The molecule has 0 N–H and O–H groups in total. The van der Waals surface area contributed by atoms with Gasteiger partial charge in [-0.3, -0.25) is 0 Å². The van der Waals surface area contributed by atoms with Crippen LogP contribution in [0.3, 0.4) is 0 Å². The quantitative estimate of drug-likeness (QED) is 0.853. The number of sulfonamides is 1. The van der Waals surface area contributed by atoms with E-state index < -0.39 is 10.0 Å². The first-order valence-corrected chi connectivity index (χ1v) is 8.50. The Morgan fingerprint density at radius 1 is 1.30 bits per heavy atom. The standard InChI is InChI=1S/C14H16N2O2S2/c1-12-3-5-13(6-4-12)7-8-20(17,18)16(2)9-14-10-19-11-15-14/h3-8,10-11H,9H2,1-2H3. The highest BCUT2D eigenvalue weighted by atomic mass is 32.2. The van der Waals surface area contributed by atoms with Gasteiger partial charge in [0.25, 0.3) is 0 Å². The molecular formula is C14H16N2O2S2. The number of aryl methyl sites for hydroxylation is 1. The van der Waals surface area contributed by atoms with Crippen molar-refractivity contribution in [1.29, 1.82) is 0 Å². The predicted molar refractivity (Wildman–Crippen MR) is 82.7 cm³/mol. The summed E-state index contributed by atoms with van der Waals surface area (Å²) in [6.45, 7) is 2.27. The van der Waals surface area contributed by atoms with Crippen LogP contribution in [0.15, 0.2) is 40.6 Å². The first-order valence-electron chi connectivity index (χ1n) is 6.05. The third kappa shape index (κ3) is 4.00. The van der Waals surface area contributed by atoms with Crippen LogP contribution in [0.25, 0.3) is 6.08 Å². The van der Waals surface area contributed by atoms with E-state index >= 15 is 0 Å². The van der Waals surface area contributed by atoms with E-state index in [4.69, 9.17) is 0 Å². The molecule has 0 saturated carbocycles. The maximum absolute atomic E-state index is 12.1. The Labute approximate surface area is 123 Å². The first kappa shape index (κ1) is 14.9. The molecule has 0 unspecified atom stereocenters. The highest BCUT2D eigenvalue weighted by Gasteiger charge is 2.15. The van der Waals surface area contributed by atoms with Crippen molar-refractivity contribution >= 4 is 27.4 Å². The molecule has 0 aliphatic rings. The molecule has 0 amide bonds. The van der Waals surface area contributed by atoms with Crippen LogP contribution in [0, 0.1) is 6.92 Å². The van der Waals surface area contributed by atoms with Crippen molar-refractivity contribution in [3.8, 4) is 0 Å². The van der Waals surface area contributed by atoms with Crippen molar-refractivity contribution in [3.63, 3.8) is 0 Å². The van der Waals surface area contributed by atoms with E-state index in [1.165, 1.54) is 21.1 Å². The van der Waals surface area contributed by atoms with Crippen LogP contribution >= 0.6 is 11.3 Å².